The molecule has 0 aliphatic rings. The summed E-state index contributed by atoms with van der Waals surface area (Å²) in [6.07, 6.45) is 0. The fourth-order valence-electron chi connectivity index (χ4n) is 2.12. The van der Waals surface area contributed by atoms with Gasteiger partial charge in [0, 0.05) is 20.2 Å². The summed E-state index contributed by atoms with van der Waals surface area (Å²) in [7, 11) is 1.70. The molecule has 0 radical (unpaired) electrons. The summed E-state index contributed by atoms with van der Waals surface area (Å²) >= 11 is 0. The van der Waals surface area contributed by atoms with Gasteiger partial charge in [-0.1, -0.05) is 36.4 Å². The number of hydrogen-bond donors (Lipinski definition) is 2. The number of nitrogens with one attached hydrogen (secondary N) is 2. The van der Waals surface area contributed by atoms with Crippen LogP contribution in [0.3, 0.4) is 0 Å². The smallest absolute Gasteiger partial charge is 0.191 e. The molecular weight excluding hydrogens is 389 g/mol. The Morgan fingerprint density at radius 1 is 1.09 bits per heavy atom. The number of halogens is 1. The highest BCUT2D eigenvalue weighted by molar-refractivity contribution is 14.0. The van der Waals surface area contributed by atoms with Crippen molar-refractivity contribution in [3.05, 3.63) is 48.0 Å². The van der Waals surface area contributed by atoms with E-state index in [4.69, 9.17) is 4.74 Å². The second kappa shape index (κ2) is 10.4. The molecule has 0 aromatic heterocycles. The monoisotopic (exact) mass is 413 g/mol. The summed E-state index contributed by atoms with van der Waals surface area (Å²) in [5.74, 6) is 0.822. The first-order valence-corrected chi connectivity index (χ1v) is 7.32. The number of benzene rings is 2. The molecule has 0 fully saturated rings. The van der Waals surface area contributed by atoms with E-state index in [2.05, 4.69) is 65.0 Å². The summed E-state index contributed by atoms with van der Waals surface area (Å²) in [5.41, 5.74) is 1.21. The Labute approximate surface area is 149 Å². The average molecular weight is 413 g/mol. The van der Waals surface area contributed by atoms with Gasteiger partial charge >= 0.3 is 0 Å². The van der Waals surface area contributed by atoms with E-state index >= 15 is 0 Å². The second-order valence-electron chi connectivity index (χ2n) is 4.80. The molecule has 2 aromatic rings. The van der Waals surface area contributed by atoms with Gasteiger partial charge in [0.1, 0.15) is 0 Å². The van der Waals surface area contributed by atoms with Crippen molar-refractivity contribution in [2.24, 2.45) is 4.99 Å². The number of fused-ring (bicyclic) bond motifs is 1. The van der Waals surface area contributed by atoms with Gasteiger partial charge in [-0.05, 0) is 29.3 Å². The fourth-order valence-corrected chi connectivity index (χ4v) is 2.12. The Morgan fingerprint density at radius 3 is 2.59 bits per heavy atom. The Bertz CT molecular complexity index is 601. The minimum Gasteiger partial charge on any atom is -0.383 e. The van der Waals surface area contributed by atoms with Crippen LogP contribution in [0, 0.1) is 0 Å². The van der Waals surface area contributed by atoms with Gasteiger partial charge in [-0.15, -0.1) is 24.0 Å². The highest BCUT2D eigenvalue weighted by Gasteiger charge is 1.98. The maximum Gasteiger partial charge on any atom is 0.191 e. The molecule has 0 saturated carbocycles. The van der Waals surface area contributed by atoms with E-state index in [0.29, 0.717) is 13.2 Å². The molecule has 0 saturated heterocycles. The summed E-state index contributed by atoms with van der Waals surface area (Å²) < 4.78 is 5.04. The minimum atomic E-state index is 0. The topological polar surface area (TPSA) is 45.7 Å². The number of methoxy groups -OCH3 is 1. The molecule has 0 bridgehead atoms. The molecule has 0 amide bonds. The van der Waals surface area contributed by atoms with E-state index in [9.17, 15) is 0 Å². The molecular formula is C17H24IN3O. The van der Waals surface area contributed by atoms with Crippen molar-refractivity contribution in [1.29, 1.82) is 0 Å². The van der Waals surface area contributed by atoms with Gasteiger partial charge in [-0.3, -0.25) is 0 Å². The van der Waals surface area contributed by atoms with Crippen molar-refractivity contribution in [1.82, 2.24) is 10.6 Å². The lowest BCUT2D eigenvalue weighted by Crippen LogP contribution is -2.38. The van der Waals surface area contributed by atoms with Crippen molar-refractivity contribution in [3.63, 3.8) is 0 Å². The number of rotatable bonds is 6. The van der Waals surface area contributed by atoms with Gasteiger partial charge in [-0.2, -0.15) is 0 Å². The van der Waals surface area contributed by atoms with Gasteiger partial charge in [-0.25, -0.2) is 4.99 Å². The lowest BCUT2D eigenvalue weighted by atomic mass is 10.1. The first-order chi connectivity index (χ1) is 10.3. The number of ether oxygens (including phenoxy) is 1. The minimum absolute atomic E-state index is 0. The molecule has 0 unspecified atom stereocenters. The predicted molar refractivity (Wildman–Crippen MR) is 104 cm³/mol. The standard InChI is InChI=1S/C17H23N3O.HI/c1-3-18-17(19-10-11-21-2)20-13-14-8-9-15-6-4-5-7-16(15)12-14;/h4-9,12H,3,10-11,13H2,1-2H3,(H2,18,19,20);1H. The molecule has 0 aliphatic carbocycles. The molecule has 2 aromatic carbocycles. The number of guanidine groups is 1. The van der Waals surface area contributed by atoms with E-state index in [1.807, 2.05) is 0 Å². The van der Waals surface area contributed by atoms with Gasteiger partial charge in [0.15, 0.2) is 5.96 Å². The third-order valence-corrected chi connectivity index (χ3v) is 3.18. The summed E-state index contributed by atoms with van der Waals surface area (Å²) in [6, 6.07) is 14.8. The van der Waals surface area contributed by atoms with Crippen LogP contribution in [0.1, 0.15) is 12.5 Å². The second-order valence-corrected chi connectivity index (χ2v) is 4.80. The van der Waals surface area contributed by atoms with Crippen molar-refractivity contribution in [3.8, 4) is 0 Å². The molecule has 0 aliphatic heterocycles. The summed E-state index contributed by atoms with van der Waals surface area (Å²) in [5, 5.41) is 8.99. The van der Waals surface area contributed by atoms with Gasteiger partial charge in [0.25, 0.3) is 0 Å². The number of hydrogen-bond acceptors (Lipinski definition) is 2. The zero-order valence-electron chi connectivity index (χ0n) is 13.1. The summed E-state index contributed by atoms with van der Waals surface area (Å²) in [4.78, 5) is 4.60. The van der Waals surface area contributed by atoms with Crippen LogP contribution in [0.25, 0.3) is 10.8 Å². The molecule has 0 spiro atoms. The zero-order valence-corrected chi connectivity index (χ0v) is 15.5. The van der Waals surface area contributed by atoms with E-state index in [0.717, 1.165) is 19.0 Å². The van der Waals surface area contributed by atoms with Crippen LogP contribution in [0.4, 0.5) is 0 Å². The third kappa shape index (κ3) is 5.81. The third-order valence-electron chi connectivity index (χ3n) is 3.18. The highest BCUT2D eigenvalue weighted by Crippen LogP contribution is 2.16. The van der Waals surface area contributed by atoms with Crippen molar-refractivity contribution in [2.75, 3.05) is 26.8 Å². The Kier molecular flexibility index (Phi) is 8.84. The van der Waals surface area contributed by atoms with Gasteiger partial charge in [0.05, 0.1) is 13.2 Å². The number of aliphatic imine (C=N–C) groups is 1. The van der Waals surface area contributed by atoms with E-state index < -0.39 is 0 Å². The lowest BCUT2D eigenvalue weighted by Gasteiger charge is -2.10. The first-order valence-electron chi connectivity index (χ1n) is 7.32. The van der Waals surface area contributed by atoms with Crippen LogP contribution < -0.4 is 10.6 Å². The Balaban J connectivity index is 0.00000242. The van der Waals surface area contributed by atoms with Crippen molar-refractivity contribution >= 4 is 40.7 Å². The van der Waals surface area contributed by atoms with Crippen molar-refractivity contribution < 1.29 is 4.74 Å². The van der Waals surface area contributed by atoms with E-state index in [1.165, 1.54) is 16.3 Å². The molecule has 4 nitrogen and oxygen atoms in total. The van der Waals surface area contributed by atoms with Crippen molar-refractivity contribution in [2.45, 2.75) is 13.5 Å². The molecule has 2 rings (SSSR count). The van der Waals surface area contributed by atoms with E-state index in [1.54, 1.807) is 7.11 Å². The number of nitrogens with zero attached hydrogens (tertiary/aromatic N) is 1. The molecule has 120 valence electrons. The Hall–Kier alpha value is -1.34. The maximum atomic E-state index is 5.04. The van der Waals surface area contributed by atoms with E-state index in [-0.39, 0.29) is 24.0 Å². The highest BCUT2D eigenvalue weighted by atomic mass is 127. The predicted octanol–water partition coefficient (Wildman–Crippen LogP) is 3.16. The van der Waals surface area contributed by atoms with Crippen LogP contribution >= 0.6 is 24.0 Å². The van der Waals surface area contributed by atoms with Gasteiger partial charge in [0.2, 0.25) is 0 Å². The van der Waals surface area contributed by atoms with Crippen LogP contribution in [-0.4, -0.2) is 32.8 Å². The van der Waals surface area contributed by atoms with Crippen LogP contribution in [0.2, 0.25) is 0 Å². The molecule has 22 heavy (non-hydrogen) atoms. The lowest BCUT2D eigenvalue weighted by molar-refractivity contribution is 0.203. The summed E-state index contributed by atoms with van der Waals surface area (Å²) in [6.45, 7) is 4.98. The first kappa shape index (κ1) is 18.7. The maximum absolute atomic E-state index is 5.04. The molecule has 0 heterocycles. The van der Waals surface area contributed by atoms with Crippen LogP contribution in [0.15, 0.2) is 47.5 Å². The quantitative estimate of drug-likeness (QED) is 0.331. The molecule has 0 atom stereocenters. The van der Waals surface area contributed by atoms with Crippen LogP contribution in [0.5, 0.6) is 0 Å². The Morgan fingerprint density at radius 2 is 1.86 bits per heavy atom. The largest absolute Gasteiger partial charge is 0.383 e. The fraction of sp³-hybridized carbons (Fsp3) is 0.353. The molecule has 2 N–H and O–H groups in total. The van der Waals surface area contributed by atoms with Gasteiger partial charge < -0.3 is 15.4 Å². The van der Waals surface area contributed by atoms with Crippen LogP contribution in [-0.2, 0) is 11.3 Å². The normalized spacial score (nSPS) is 11.1. The molecule has 5 heteroatoms. The zero-order chi connectivity index (χ0) is 14.9. The average Bonchev–Trinajstić information content (AvgIpc) is 2.52. The SMILES string of the molecule is CCNC(=NCc1ccc2ccccc2c1)NCCOC.I.